The summed E-state index contributed by atoms with van der Waals surface area (Å²) >= 11 is 0. The Morgan fingerprint density at radius 1 is 0.879 bits per heavy atom. The lowest BCUT2D eigenvalue weighted by atomic mass is 10.1. The Labute approximate surface area is 191 Å². The molecular weight excluding hydrogens is 438 g/mol. The fourth-order valence-electron chi connectivity index (χ4n) is 3.84. The van der Waals surface area contributed by atoms with Crippen molar-refractivity contribution < 1.29 is 17.9 Å². The topological polar surface area (TPSA) is 89.5 Å². The van der Waals surface area contributed by atoms with Crippen LogP contribution in [0, 0.1) is 0 Å². The molecule has 8 heteroatoms. The molecule has 7 nitrogen and oxygen atoms in total. The van der Waals surface area contributed by atoms with E-state index >= 15 is 0 Å². The van der Waals surface area contributed by atoms with E-state index in [1.807, 2.05) is 30.3 Å². The lowest BCUT2D eigenvalue weighted by molar-refractivity contribution is 0.0734. The highest BCUT2D eigenvalue weighted by atomic mass is 32.2. The van der Waals surface area contributed by atoms with Crippen molar-refractivity contribution in [2.24, 2.45) is 0 Å². The van der Waals surface area contributed by atoms with Crippen molar-refractivity contribution >= 4 is 27.0 Å². The van der Waals surface area contributed by atoms with Gasteiger partial charge in [-0.1, -0.05) is 30.3 Å². The SMILES string of the molecule is O=C(Oc1cccc(-c2cnc3ccccc3n2)c1)c1cccc(S(=O)(=O)N2CCCC2)c1. The highest BCUT2D eigenvalue weighted by Crippen LogP contribution is 2.25. The predicted molar refractivity (Wildman–Crippen MR) is 124 cm³/mol. The molecule has 4 aromatic rings. The second-order valence-electron chi connectivity index (χ2n) is 7.80. The maximum absolute atomic E-state index is 12.8. The zero-order chi connectivity index (χ0) is 22.8. The van der Waals surface area contributed by atoms with Crippen molar-refractivity contribution in [3.05, 3.63) is 84.6 Å². The molecule has 0 bridgehead atoms. The normalized spacial score (nSPS) is 14.4. The number of hydrogen-bond acceptors (Lipinski definition) is 6. The third-order valence-electron chi connectivity index (χ3n) is 5.56. The van der Waals surface area contributed by atoms with Gasteiger partial charge in [0.15, 0.2) is 0 Å². The summed E-state index contributed by atoms with van der Waals surface area (Å²) in [6.07, 6.45) is 3.37. The van der Waals surface area contributed by atoms with Crippen LogP contribution in [0.4, 0.5) is 0 Å². The van der Waals surface area contributed by atoms with E-state index in [0.29, 0.717) is 24.5 Å². The largest absolute Gasteiger partial charge is 0.423 e. The van der Waals surface area contributed by atoms with Crippen LogP contribution in [0.15, 0.2) is 83.9 Å². The smallest absolute Gasteiger partial charge is 0.343 e. The van der Waals surface area contributed by atoms with E-state index in [0.717, 1.165) is 29.4 Å². The maximum Gasteiger partial charge on any atom is 0.343 e. The van der Waals surface area contributed by atoms with Crippen LogP contribution in [0.3, 0.4) is 0 Å². The minimum atomic E-state index is -3.62. The lowest BCUT2D eigenvalue weighted by Crippen LogP contribution is -2.28. The number of fused-ring (bicyclic) bond motifs is 1. The predicted octanol–water partition coefficient (Wildman–Crippen LogP) is 4.30. The Hall–Kier alpha value is -3.62. The molecule has 166 valence electrons. The van der Waals surface area contributed by atoms with Gasteiger partial charge in [0.1, 0.15) is 5.75 Å². The second-order valence-corrected chi connectivity index (χ2v) is 9.74. The van der Waals surface area contributed by atoms with E-state index < -0.39 is 16.0 Å². The minimum absolute atomic E-state index is 0.0963. The molecule has 0 atom stereocenters. The van der Waals surface area contributed by atoms with Crippen LogP contribution in [-0.2, 0) is 10.0 Å². The molecular formula is C25H21N3O4S. The highest BCUT2D eigenvalue weighted by molar-refractivity contribution is 7.89. The zero-order valence-electron chi connectivity index (χ0n) is 17.7. The number of rotatable bonds is 5. The van der Waals surface area contributed by atoms with E-state index in [1.165, 1.54) is 16.4 Å². The lowest BCUT2D eigenvalue weighted by Gasteiger charge is -2.15. The fraction of sp³-hybridized carbons (Fsp3) is 0.160. The molecule has 0 N–H and O–H groups in total. The quantitative estimate of drug-likeness (QED) is 0.327. The molecule has 0 spiro atoms. The van der Waals surface area contributed by atoms with Gasteiger partial charge in [-0.05, 0) is 55.3 Å². The Morgan fingerprint density at radius 2 is 1.64 bits per heavy atom. The first-order valence-electron chi connectivity index (χ1n) is 10.7. The molecule has 5 rings (SSSR count). The van der Waals surface area contributed by atoms with Gasteiger partial charge in [-0.25, -0.2) is 18.2 Å². The van der Waals surface area contributed by atoms with E-state index in [4.69, 9.17) is 4.74 Å². The molecule has 33 heavy (non-hydrogen) atoms. The van der Waals surface area contributed by atoms with Crippen LogP contribution in [0.1, 0.15) is 23.2 Å². The molecule has 0 radical (unpaired) electrons. The van der Waals surface area contributed by atoms with Gasteiger partial charge >= 0.3 is 5.97 Å². The summed E-state index contributed by atoms with van der Waals surface area (Å²) in [4.78, 5) is 21.9. The van der Waals surface area contributed by atoms with Crippen molar-refractivity contribution in [2.75, 3.05) is 13.1 Å². The molecule has 0 unspecified atom stereocenters. The Bertz CT molecular complexity index is 1450. The monoisotopic (exact) mass is 459 g/mol. The van der Waals surface area contributed by atoms with Gasteiger partial charge < -0.3 is 4.74 Å². The van der Waals surface area contributed by atoms with E-state index in [1.54, 1.807) is 36.5 Å². The molecule has 0 aliphatic carbocycles. The van der Waals surface area contributed by atoms with Crippen molar-refractivity contribution in [2.45, 2.75) is 17.7 Å². The molecule has 1 aliphatic rings. The van der Waals surface area contributed by atoms with Crippen molar-refractivity contribution in [3.8, 4) is 17.0 Å². The van der Waals surface area contributed by atoms with Gasteiger partial charge in [0.05, 0.1) is 33.4 Å². The third-order valence-corrected chi connectivity index (χ3v) is 7.46. The van der Waals surface area contributed by atoms with Gasteiger partial charge in [0.2, 0.25) is 10.0 Å². The van der Waals surface area contributed by atoms with Gasteiger partial charge in [-0.2, -0.15) is 4.31 Å². The third kappa shape index (κ3) is 4.35. The van der Waals surface area contributed by atoms with Gasteiger partial charge in [0, 0.05) is 18.7 Å². The molecule has 1 fully saturated rings. The maximum atomic E-state index is 12.8. The number of aromatic nitrogens is 2. The summed E-state index contributed by atoms with van der Waals surface area (Å²) in [6.45, 7) is 1.00. The average Bonchev–Trinajstić information content (AvgIpc) is 3.40. The number of ether oxygens (including phenoxy) is 1. The zero-order valence-corrected chi connectivity index (χ0v) is 18.5. The van der Waals surface area contributed by atoms with Gasteiger partial charge in [-0.3, -0.25) is 4.98 Å². The summed E-state index contributed by atoms with van der Waals surface area (Å²) in [6, 6.07) is 20.6. The molecule has 1 aromatic heterocycles. The highest BCUT2D eigenvalue weighted by Gasteiger charge is 2.27. The van der Waals surface area contributed by atoms with Crippen molar-refractivity contribution in [1.29, 1.82) is 0 Å². The number of carbonyl (C=O) groups is 1. The number of para-hydroxylation sites is 2. The van der Waals surface area contributed by atoms with Crippen molar-refractivity contribution in [1.82, 2.24) is 14.3 Å². The molecule has 0 saturated carbocycles. The first-order chi connectivity index (χ1) is 16.0. The Morgan fingerprint density at radius 3 is 2.45 bits per heavy atom. The van der Waals surface area contributed by atoms with Crippen LogP contribution in [0.25, 0.3) is 22.3 Å². The number of sulfonamides is 1. The molecule has 0 amide bonds. The summed E-state index contributed by atoms with van der Waals surface area (Å²) in [5, 5.41) is 0. The Kier molecular flexibility index (Phi) is 5.62. The molecule has 1 saturated heterocycles. The fourth-order valence-corrected chi connectivity index (χ4v) is 5.41. The van der Waals surface area contributed by atoms with Crippen LogP contribution >= 0.6 is 0 Å². The number of benzene rings is 3. The Balaban J connectivity index is 1.38. The standard InChI is InChI=1S/C25H21N3O4S/c29-25(19-8-6-10-21(16-19)33(30,31)28-13-3-4-14-28)32-20-9-5-7-18(15-20)24-17-26-22-11-1-2-12-23(22)27-24/h1-2,5-12,15-17H,3-4,13-14H2. The summed E-state index contributed by atoms with van der Waals surface area (Å²) < 4.78 is 32.6. The van der Waals surface area contributed by atoms with E-state index in [2.05, 4.69) is 9.97 Å². The van der Waals surface area contributed by atoms with Crippen LogP contribution in [-0.4, -0.2) is 41.7 Å². The molecule has 2 heterocycles. The van der Waals surface area contributed by atoms with Gasteiger partial charge in [0.25, 0.3) is 0 Å². The molecule has 1 aliphatic heterocycles. The molecule has 3 aromatic carbocycles. The number of hydrogen-bond donors (Lipinski definition) is 0. The van der Waals surface area contributed by atoms with Gasteiger partial charge in [-0.15, -0.1) is 0 Å². The second kappa shape index (κ2) is 8.73. The summed E-state index contributed by atoms with van der Waals surface area (Å²) in [5.41, 5.74) is 3.15. The summed E-state index contributed by atoms with van der Waals surface area (Å²) in [5.74, 6) is -0.296. The average molecular weight is 460 g/mol. The van der Waals surface area contributed by atoms with Crippen LogP contribution in [0.2, 0.25) is 0 Å². The summed E-state index contributed by atoms with van der Waals surface area (Å²) in [7, 11) is -3.62. The van der Waals surface area contributed by atoms with E-state index in [-0.39, 0.29) is 10.5 Å². The van der Waals surface area contributed by atoms with Crippen LogP contribution < -0.4 is 4.74 Å². The minimum Gasteiger partial charge on any atom is -0.423 e. The number of carbonyl (C=O) groups excluding carboxylic acids is 1. The first kappa shape index (κ1) is 21.2. The van der Waals surface area contributed by atoms with Crippen LogP contribution in [0.5, 0.6) is 5.75 Å². The van der Waals surface area contributed by atoms with Crippen molar-refractivity contribution in [3.63, 3.8) is 0 Å². The number of esters is 1. The first-order valence-corrected chi connectivity index (χ1v) is 12.1. The van der Waals surface area contributed by atoms with E-state index in [9.17, 15) is 13.2 Å². The number of nitrogens with zero attached hydrogens (tertiary/aromatic N) is 3.